The van der Waals surface area contributed by atoms with Crippen molar-refractivity contribution in [3.8, 4) is 0 Å². The molecule has 0 spiro atoms. The number of H-pyrrole nitrogens is 6. The van der Waals surface area contributed by atoms with Crippen molar-refractivity contribution in [3.05, 3.63) is 504 Å². The Morgan fingerprint density at radius 1 is 0.267 bits per heavy atom. The van der Waals surface area contributed by atoms with E-state index in [0.717, 1.165) is 22.1 Å². The van der Waals surface area contributed by atoms with Crippen molar-refractivity contribution in [1.82, 2.24) is 145 Å². The lowest BCUT2D eigenvalue weighted by Crippen LogP contribution is -1.78. The molecule has 4 aromatic carbocycles. The molecule has 660 valence electrons. The van der Waals surface area contributed by atoms with E-state index in [-0.39, 0.29) is 0 Å². The Labute approximate surface area is 778 Å². The van der Waals surface area contributed by atoms with E-state index in [4.69, 9.17) is 0 Å². The highest BCUT2D eigenvalue weighted by molar-refractivity contribution is 7.25. The number of hydrogen-bond acceptors (Lipinski definition) is 32. The van der Waals surface area contributed by atoms with Crippen LogP contribution in [0.4, 0.5) is 0 Å². The van der Waals surface area contributed by atoms with Gasteiger partial charge in [0.05, 0.1) is 83.7 Å². The lowest BCUT2D eigenvalue weighted by Gasteiger charge is -1.90. The molecule has 0 unspecified atom stereocenters. The summed E-state index contributed by atoms with van der Waals surface area (Å²) in [6.07, 6.45) is 64.4. The minimum atomic E-state index is 0.949. The van der Waals surface area contributed by atoms with E-state index in [1.54, 1.807) is 260 Å². The van der Waals surface area contributed by atoms with Crippen LogP contribution in [0.3, 0.4) is 0 Å². The van der Waals surface area contributed by atoms with Crippen molar-refractivity contribution >= 4 is 121 Å². The fourth-order valence-corrected chi connectivity index (χ4v) is 11.7. The highest BCUT2D eigenvalue weighted by Gasteiger charge is 1.93. The molecule has 22 heterocycles. The summed E-state index contributed by atoms with van der Waals surface area (Å²) >= 11 is 10.2. The molecule has 32 nitrogen and oxygen atoms in total. The van der Waals surface area contributed by atoms with Gasteiger partial charge in [0, 0.05) is 179 Å². The Balaban J connectivity index is 0.000000213. The van der Waals surface area contributed by atoms with Gasteiger partial charge in [0.1, 0.15) is 31.5 Å². The summed E-state index contributed by atoms with van der Waals surface area (Å²) in [6.45, 7) is 0. The quantitative estimate of drug-likeness (QED) is 0.0821. The minimum Gasteiger partial charge on any atom is -0.473 e. The maximum atomic E-state index is 4.58. The number of hydrogen-bond donors (Lipinski definition) is 6. The van der Waals surface area contributed by atoms with E-state index in [1.165, 1.54) is 86.0 Å². The minimum absolute atomic E-state index is 0.949. The summed E-state index contributed by atoms with van der Waals surface area (Å²) in [5, 5.41) is 49.8. The molecule has 0 bridgehead atoms. The van der Waals surface area contributed by atoms with Gasteiger partial charge >= 0.3 is 0 Å². The van der Waals surface area contributed by atoms with Crippen molar-refractivity contribution in [2.75, 3.05) is 0 Å². The third-order valence-electron chi connectivity index (χ3n) is 13.4. The Bertz CT molecular complexity index is 4960. The topological polar surface area (TPSA) is 431 Å². The number of nitrogens with zero attached hydrogens (tertiary/aromatic N) is 23. The lowest BCUT2D eigenvalue weighted by molar-refractivity contribution is 0.420. The van der Waals surface area contributed by atoms with E-state index in [1.807, 2.05) is 180 Å². The van der Waals surface area contributed by atoms with Gasteiger partial charge in [0.2, 0.25) is 0 Å². The first-order valence-electron chi connectivity index (χ1n) is 38.5. The summed E-state index contributed by atoms with van der Waals surface area (Å²) in [6, 6.07) is 70.9. The number of pyridine rings is 1. The van der Waals surface area contributed by atoms with E-state index >= 15 is 0 Å². The van der Waals surface area contributed by atoms with Crippen molar-refractivity contribution in [1.29, 1.82) is 0 Å². The number of rotatable bonds is 0. The normalized spacial score (nSPS) is 8.76. The number of nitrogens with one attached hydrogen (secondary N) is 6. The second-order valence-corrected chi connectivity index (χ2v) is 27.5. The number of para-hydroxylation sites is 5. The van der Waals surface area contributed by atoms with Crippen LogP contribution < -0.4 is 0 Å². The number of thiazole rings is 1. The summed E-state index contributed by atoms with van der Waals surface area (Å²) < 4.78 is 21.3. The molecular formula is C93H89N29O3S6. The lowest BCUT2D eigenvalue weighted by atomic mass is 10.3. The summed E-state index contributed by atoms with van der Waals surface area (Å²) in [4.78, 5) is 64.5. The fourth-order valence-electron chi connectivity index (χ4n) is 7.95. The molecule has 0 saturated heterocycles. The summed E-state index contributed by atoms with van der Waals surface area (Å²) in [5.74, 6) is 0. The highest BCUT2D eigenvalue weighted by Crippen LogP contribution is 2.25. The summed E-state index contributed by atoms with van der Waals surface area (Å²) in [5.41, 5.74) is 7.02. The molecule has 6 N–H and O–H groups in total. The average Bonchev–Trinajstić information content (AvgIpc) is 1.42. The Morgan fingerprint density at radius 2 is 0.878 bits per heavy atom. The van der Waals surface area contributed by atoms with Crippen LogP contribution in [0.5, 0.6) is 0 Å². The molecule has 0 aliphatic heterocycles. The molecule has 26 aromatic rings. The molecule has 0 aliphatic rings. The first kappa shape index (κ1) is 103. The number of benzene rings is 4. The smallest absolute Gasteiger partial charge is 0.180 e. The van der Waals surface area contributed by atoms with Gasteiger partial charge in [-0.3, -0.25) is 35.0 Å². The SMILES string of the molecule is c1c[nH]cn1.c1cc2sccc2s1.c1cc[nH]c1.c1ccc2[nH]ccc2c1.c1ccc2[nH]cnc2c1.c1ccc2nccnc2c1.c1ccc2sccc2c1.c1ccncc1.c1ccnnc1.c1ccoc1.c1ccsc1.c1cn[nH]c1.c1cn[nH]n1.c1cnccn1.c1cncnc1.c1cncnc1.c1cnncn1.c1cnoc1.c1cnsc1.c1cocn1.c1cscn1. The van der Waals surface area contributed by atoms with Crippen LogP contribution >= 0.6 is 68.2 Å². The van der Waals surface area contributed by atoms with Crippen LogP contribution in [-0.4, -0.2) is 145 Å². The first-order chi connectivity index (χ1) is 65.3. The fraction of sp³-hybridized carbons (Fsp3) is 0. The van der Waals surface area contributed by atoms with E-state index in [0.29, 0.717) is 0 Å². The largest absolute Gasteiger partial charge is 0.473 e. The Kier molecular flexibility index (Phi) is 61.7. The third kappa shape index (κ3) is 58.6. The molecule has 38 heteroatoms. The van der Waals surface area contributed by atoms with Crippen LogP contribution in [0.1, 0.15) is 0 Å². The Hall–Kier alpha value is -17.2. The van der Waals surface area contributed by atoms with Crippen LogP contribution in [-0.2, 0) is 0 Å². The van der Waals surface area contributed by atoms with E-state index < -0.39 is 0 Å². The maximum Gasteiger partial charge on any atom is 0.180 e. The number of thiophene rings is 4. The number of aromatic nitrogens is 29. The van der Waals surface area contributed by atoms with Crippen LogP contribution in [0.2, 0.25) is 0 Å². The highest BCUT2D eigenvalue weighted by atomic mass is 32.1. The molecule has 0 amide bonds. The van der Waals surface area contributed by atoms with Gasteiger partial charge in [-0.15, -0.1) is 50.4 Å². The summed E-state index contributed by atoms with van der Waals surface area (Å²) in [7, 11) is 0. The molecule has 0 radical (unpaired) electrons. The van der Waals surface area contributed by atoms with Crippen molar-refractivity contribution in [3.63, 3.8) is 0 Å². The molecule has 131 heavy (non-hydrogen) atoms. The van der Waals surface area contributed by atoms with Crippen LogP contribution in [0.15, 0.2) is 518 Å². The first-order valence-corrected chi connectivity index (χ1v) is 43.8. The Morgan fingerprint density at radius 3 is 1.22 bits per heavy atom. The third-order valence-corrected chi connectivity index (χ3v) is 17.8. The van der Waals surface area contributed by atoms with Gasteiger partial charge in [0.25, 0.3) is 0 Å². The molecule has 0 aliphatic carbocycles. The molecule has 0 atom stereocenters. The number of oxazole rings is 1. The van der Waals surface area contributed by atoms with Gasteiger partial charge in [-0.05, 0) is 189 Å². The molecule has 22 aromatic heterocycles. The van der Waals surface area contributed by atoms with E-state index in [2.05, 4.69) is 235 Å². The average molecular weight is 1850 g/mol. The second-order valence-electron chi connectivity index (χ2n) is 22.4. The second kappa shape index (κ2) is 78.8. The predicted octanol–water partition coefficient (Wildman–Crippen LogP) is 22.4. The van der Waals surface area contributed by atoms with Crippen molar-refractivity contribution < 1.29 is 13.4 Å². The monoisotopic (exact) mass is 1850 g/mol. The van der Waals surface area contributed by atoms with Crippen LogP contribution in [0.25, 0.3) is 52.5 Å². The van der Waals surface area contributed by atoms with Gasteiger partial charge in [-0.25, -0.2) is 44.2 Å². The van der Waals surface area contributed by atoms with Crippen LogP contribution in [0, 0.1) is 0 Å². The zero-order valence-corrected chi connectivity index (χ0v) is 74.8. The van der Waals surface area contributed by atoms with Gasteiger partial charge < -0.3 is 33.3 Å². The van der Waals surface area contributed by atoms with Gasteiger partial charge in [0.15, 0.2) is 6.39 Å². The number of aromatic amines is 6. The molecule has 26 rings (SSSR count). The number of furan rings is 1. The zero-order chi connectivity index (χ0) is 91.3. The molecule has 0 fully saturated rings. The van der Waals surface area contributed by atoms with Crippen molar-refractivity contribution in [2.45, 2.75) is 0 Å². The maximum absolute atomic E-state index is 4.58. The van der Waals surface area contributed by atoms with Gasteiger partial charge in [-0.1, -0.05) is 84.0 Å². The standard InChI is InChI=1S/C8H6N2.C8H7N.C8H6S.C7H6N2.C6H4S2.C5H5N.4C4H4N2.C4H5N.C4H4O.C4H4S.C3H3N3.2C3H4N2.2C3H3NO.2C3H3NS.C2H3N3/c1-2-4-8-7(3-1)9-5-6-10-8;2*1-2-4-8-7(3-1)5-6-9-8;1-2-4-7-6(3-1)8-5-9-7;1-3-7-6-2-4-8-5(1)6;1-2-4-6-5-3-1;1-2-6-4-3-5-1;2*1-2-5-4-6-3-1;1-2-4-6-5-3-1;3*1-2-4-5-3-1;1-2-5-6-3-4-1;1-2-5-3-4-1;1-2-4-5-3-1;1-2-5-3-4-1;1-2-4-5-3-1;1-2-5-3-4-1;2*1-2-4-5-3-1/h1-6H;1-6,9H;1-6H;1-5H,(H,8,9);1-4H;1-5H;4*1-4H;1-5H;2*1-4H;1-3H;2*1-3H,(H,4,5);4*1-3H;1-2H,(H,3,4,5). The number of imidazole rings is 2. The zero-order valence-electron chi connectivity index (χ0n) is 69.9. The van der Waals surface area contributed by atoms with Crippen molar-refractivity contribution in [2.24, 2.45) is 0 Å². The predicted molar refractivity (Wildman–Crippen MR) is 522 cm³/mol. The van der Waals surface area contributed by atoms with E-state index in [9.17, 15) is 0 Å². The van der Waals surface area contributed by atoms with Gasteiger partial charge in [-0.2, -0.15) is 47.1 Å². The number of fused-ring (bicyclic) bond motifs is 5. The molecule has 0 saturated carbocycles. The molecular weight excluding hydrogens is 1760 g/mol.